The van der Waals surface area contributed by atoms with Crippen molar-refractivity contribution in [3.05, 3.63) is 16.4 Å². The highest BCUT2D eigenvalue weighted by Gasteiger charge is 2.37. The standard InChI is InChI=1S/C14H22ClN3O/c1-3-10-13(15)11(18(4-2)17-10)9-12(19)14(16)7-5-6-8-14/h3-9,16H2,1-2H3. The Hall–Kier alpha value is -0.870. The van der Waals surface area contributed by atoms with E-state index in [1.807, 2.05) is 18.5 Å². The highest BCUT2D eigenvalue weighted by atomic mass is 35.5. The molecule has 0 saturated heterocycles. The van der Waals surface area contributed by atoms with E-state index in [-0.39, 0.29) is 5.78 Å². The summed E-state index contributed by atoms with van der Waals surface area (Å²) in [5.41, 5.74) is 7.26. The molecule has 0 radical (unpaired) electrons. The van der Waals surface area contributed by atoms with Crippen LogP contribution in [0.1, 0.15) is 50.9 Å². The van der Waals surface area contributed by atoms with Crippen molar-refractivity contribution in [1.82, 2.24) is 9.78 Å². The van der Waals surface area contributed by atoms with E-state index < -0.39 is 5.54 Å². The van der Waals surface area contributed by atoms with E-state index >= 15 is 0 Å². The molecule has 1 aromatic rings. The molecule has 19 heavy (non-hydrogen) atoms. The smallest absolute Gasteiger partial charge is 0.158 e. The summed E-state index contributed by atoms with van der Waals surface area (Å²) in [5, 5.41) is 5.08. The molecule has 1 saturated carbocycles. The highest BCUT2D eigenvalue weighted by Crippen LogP contribution is 2.30. The minimum atomic E-state index is -0.640. The number of rotatable bonds is 5. The lowest BCUT2D eigenvalue weighted by Crippen LogP contribution is -2.46. The molecule has 0 aromatic carbocycles. The second kappa shape index (κ2) is 5.63. The Kier molecular flexibility index (Phi) is 4.31. The van der Waals surface area contributed by atoms with Crippen molar-refractivity contribution in [2.24, 2.45) is 5.73 Å². The van der Waals surface area contributed by atoms with E-state index in [4.69, 9.17) is 17.3 Å². The molecule has 0 atom stereocenters. The predicted molar refractivity (Wildman–Crippen MR) is 76.4 cm³/mol. The van der Waals surface area contributed by atoms with Gasteiger partial charge < -0.3 is 5.73 Å². The van der Waals surface area contributed by atoms with Gasteiger partial charge in [0, 0.05) is 6.54 Å². The molecule has 106 valence electrons. The Morgan fingerprint density at radius 2 is 2.05 bits per heavy atom. The van der Waals surface area contributed by atoms with Crippen molar-refractivity contribution < 1.29 is 4.79 Å². The van der Waals surface area contributed by atoms with E-state index in [1.54, 1.807) is 0 Å². The van der Waals surface area contributed by atoms with Crippen molar-refractivity contribution in [1.29, 1.82) is 0 Å². The molecule has 2 N–H and O–H groups in total. The molecule has 1 aromatic heterocycles. The van der Waals surface area contributed by atoms with Crippen LogP contribution in [-0.2, 0) is 24.2 Å². The van der Waals surface area contributed by atoms with Gasteiger partial charge in [0.25, 0.3) is 0 Å². The van der Waals surface area contributed by atoms with Gasteiger partial charge in [-0.3, -0.25) is 9.48 Å². The molecule has 1 fully saturated rings. The van der Waals surface area contributed by atoms with Crippen LogP contribution in [0, 0.1) is 0 Å². The van der Waals surface area contributed by atoms with Crippen LogP contribution in [0.25, 0.3) is 0 Å². The first kappa shape index (κ1) is 14.5. The molecule has 1 heterocycles. The van der Waals surface area contributed by atoms with Crippen LogP contribution in [0.2, 0.25) is 5.02 Å². The van der Waals surface area contributed by atoms with Crippen molar-refractivity contribution in [3.63, 3.8) is 0 Å². The first-order valence-corrected chi connectivity index (χ1v) is 7.46. The summed E-state index contributed by atoms with van der Waals surface area (Å²) in [6.07, 6.45) is 4.76. The summed E-state index contributed by atoms with van der Waals surface area (Å²) in [6.45, 7) is 4.74. The van der Waals surface area contributed by atoms with Crippen LogP contribution in [0.5, 0.6) is 0 Å². The molecule has 0 spiro atoms. The third-order valence-corrected chi connectivity index (χ3v) is 4.51. The number of nitrogens with zero attached hydrogens (tertiary/aromatic N) is 2. The Morgan fingerprint density at radius 1 is 1.42 bits per heavy atom. The van der Waals surface area contributed by atoms with Gasteiger partial charge >= 0.3 is 0 Å². The number of halogens is 1. The molecule has 0 unspecified atom stereocenters. The second-order valence-electron chi connectivity index (χ2n) is 5.34. The van der Waals surface area contributed by atoms with Gasteiger partial charge in [0.2, 0.25) is 0 Å². The van der Waals surface area contributed by atoms with Gasteiger partial charge in [-0.15, -0.1) is 0 Å². The van der Waals surface area contributed by atoms with Crippen molar-refractivity contribution in [3.8, 4) is 0 Å². The molecule has 1 aliphatic rings. The number of hydrogen-bond donors (Lipinski definition) is 1. The SMILES string of the molecule is CCc1nn(CC)c(CC(=O)C2(N)CCCC2)c1Cl. The Morgan fingerprint density at radius 3 is 2.58 bits per heavy atom. The van der Waals surface area contributed by atoms with E-state index in [2.05, 4.69) is 5.10 Å². The van der Waals surface area contributed by atoms with E-state index in [0.717, 1.165) is 50.0 Å². The summed E-state index contributed by atoms with van der Waals surface area (Å²) >= 11 is 6.33. The predicted octanol–water partition coefficient (Wildman–Crippen LogP) is 2.50. The van der Waals surface area contributed by atoms with Crippen LogP contribution in [0.15, 0.2) is 0 Å². The third-order valence-electron chi connectivity index (χ3n) is 4.07. The maximum Gasteiger partial charge on any atom is 0.158 e. The molecular weight excluding hydrogens is 262 g/mol. The number of carbonyl (C=O) groups excluding carboxylic acids is 1. The van der Waals surface area contributed by atoms with Crippen molar-refractivity contribution in [2.75, 3.05) is 0 Å². The number of hydrogen-bond acceptors (Lipinski definition) is 3. The Labute approximate surface area is 119 Å². The minimum absolute atomic E-state index is 0.101. The van der Waals surface area contributed by atoms with Crippen LogP contribution in [0.4, 0.5) is 0 Å². The van der Waals surface area contributed by atoms with Crippen LogP contribution in [0.3, 0.4) is 0 Å². The van der Waals surface area contributed by atoms with E-state index in [0.29, 0.717) is 11.4 Å². The Balaban J connectivity index is 2.23. The van der Waals surface area contributed by atoms with E-state index in [9.17, 15) is 4.79 Å². The maximum absolute atomic E-state index is 12.4. The number of ketones is 1. The van der Waals surface area contributed by atoms with E-state index in [1.165, 1.54) is 0 Å². The zero-order valence-electron chi connectivity index (χ0n) is 11.7. The molecule has 4 nitrogen and oxygen atoms in total. The highest BCUT2D eigenvalue weighted by molar-refractivity contribution is 6.32. The summed E-state index contributed by atoms with van der Waals surface area (Å²) in [7, 11) is 0. The molecule has 0 bridgehead atoms. The zero-order chi connectivity index (χ0) is 14.0. The van der Waals surface area contributed by atoms with Gasteiger partial charge in [-0.05, 0) is 26.2 Å². The molecule has 2 rings (SSSR count). The quantitative estimate of drug-likeness (QED) is 0.903. The van der Waals surface area contributed by atoms with Crippen LogP contribution in [-0.4, -0.2) is 21.1 Å². The van der Waals surface area contributed by atoms with Gasteiger partial charge in [0.15, 0.2) is 5.78 Å². The summed E-state index contributed by atoms with van der Waals surface area (Å²) in [5.74, 6) is 0.101. The lowest BCUT2D eigenvalue weighted by atomic mass is 9.90. The molecule has 5 heteroatoms. The van der Waals surface area contributed by atoms with Gasteiger partial charge in [-0.25, -0.2) is 0 Å². The monoisotopic (exact) mass is 283 g/mol. The first-order chi connectivity index (χ1) is 9.01. The molecular formula is C14H22ClN3O. The van der Waals surface area contributed by atoms with Gasteiger partial charge in [0.1, 0.15) is 0 Å². The third kappa shape index (κ3) is 2.70. The van der Waals surface area contributed by atoms with Crippen molar-refractivity contribution in [2.45, 2.75) is 64.5 Å². The summed E-state index contributed by atoms with van der Waals surface area (Å²) in [6, 6.07) is 0. The fourth-order valence-electron chi connectivity index (χ4n) is 2.80. The fraction of sp³-hybridized carbons (Fsp3) is 0.714. The minimum Gasteiger partial charge on any atom is -0.319 e. The average molecular weight is 284 g/mol. The van der Waals surface area contributed by atoms with Gasteiger partial charge in [-0.1, -0.05) is 31.4 Å². The normalized spacial score (nSPS) is 17.9. The summed E-state index contributed by atoms with van der Waals surface area (Å²) < 4.78 is 1.83. The second-order valence-corrected chi connectivity index (χ2v) is 5.72. The average Bonchev–Trinajstić information content (AvgIpc) is 2.96. The number of Topliss-reactive ketones (excluding diaryl/α,β-unsaturated/α-hetero) is 1. The van der Waals surface area contributed by atoms with Gasteiger partial charge in [0.05, 0.1) is 28.4 Å². The van der Waals surface area contributed by atoms with Crippen LogP contribution < -0.4 is 5.73 Å². The molecule has 1 aliphatic carbocycles. The zero-order valence-corrected chi connectivity index (χ0v) is 12.5. The number of aryl methyl sites for hydroxylation is 2. The fourth-order valence-corrected chi connectivity index (χ4v) is 3.13. The number of carbonyl (C=O) groups is 1. The van der Waals surface area contributed by atoms with Gasteiger partial charge in [-0.2, -0.15) is 5.10 Å². The molecule has 0 aliphatic heterocycles. The largest absolute Gasteiger partial charge is 0.319 e. The Bertz CT molecular complexity index is 475. The first-order valence-electron chi connectivity index (χ1n) is 7.08. The molecule has 0 amide bonds. The van der Waals surface area contributed by atoms with Crippen molar-refractivity contribution >= 4 is 17.4 Å². The van der Waals surface area contributed by atoms with Crippen LogP contribution >= 0.6 is 11.6 Å². The lowest BCUT2D eigenvalue weighted by Gasteiger charge is -2.21. The topological polar surface area (TPSA) is 60.9 Å². The lowest BCUT2D eigenvalue weighted by molar-refractivity contribution is -0.123. The number of nitrogens with two attached hydrogens (primary N) is 1. The number of aromatic nitrogens is 2. The maximum atomic E-state index is 12.4. The summed E-state index contributed by atoms with van der Waals surface area (Å²) in [4.78, 5) is 12.4.